The molecule has 19 heavy (non-hydrogen) atoms. The summed E-state index contributed by atoms with van der Waals surface area (Å²) in [6.07, 6.45) is 2.75. The number of piperazine rings is 1. The van der Waals surface area contributed by atoms with Crippen molar-refractivity contribution in [1.29, 1.82) is 0 Å². The van der Waals surface area contributed by atoms with E-state index < -0.39 is 6.04 Å². The highest BCUT2D eigenvalue weighted by Gasteiger charge is 2.26. The maximum atomic E-state index is 12.1. The zero-order valence-electron chi connectivity index (χ0n) is 11.9. The van der Waals surface area contributed by atoms with Gasteiger partial charge in [0.25, 0.3) is 0 Å². The first-order chi connectivity index (χ1) is 9.10. The van der Waals surface area contributed by atoms with Gasteiger partial charge in [0, 0.05) is 33.3 Å². The van der Waals surface area contributed by atoms with Crippen molar-refractivity contribution in [3.8, 4) is 0 Å². The van der Waals surface area contributed by atoms with Crippen LogP contribution in [0.5, 0.6) is 0 Å². The zero-order chi connectivity index (χ0) is 14.3. The second-order valence-electron chi connectivity index (χ2n) is 4.89. The predicted octanol–water partition coefficient (Wildman–Crippen LogP) is -0.179. The molecule has 1 rings (SSSR count). The number of unbranched alkanes of at least 4 members (excludes halogenated alkanes) is 1. The summed E-state index contributed by atoms with van der Waals surface area (Å²) in [6, 6.07) is -0.402. The molecule has 1 atom stereocenters. The van der Waals surface area contributed by atoms with Crippen molar-refractivity contribution in [3.63, 3.8) is 0 Å². The van der Waals surface area contributed by atoms with Gasteiger partial charge in [-0.2, -0.15) is 0 Å². The average Bonchev–Trinajstić information content (AvgIpc) is 2.44. The number of nitrogens with two attached hydrogens (primary N) is 1. The van der Waals surface area contributed by atoms with Gasteiger partial charge in [-0.25, -0.2) is 0 Å². The van der Waals surface area contributed by atoms with Gasteiger partial charge in [-0.05, 0) is 6.42 Å². The molecule has 0 spiro atoms. The van der Waals surface area contributed by atoms with E-state index in [-0.39, 0.29) is 18.4 Å². The molecule has 0 radical (unpaired) electrons. The molecule has 0 aromatic carbocycles. The Labute approximate surface area is 114 Å². The minimum absolute atomic E-state index is 0.00675. The number of amides is 2. The van der Waals surface area contributed by atoms with Crippen molar-refractivity contribution in [2.75, 3.05) is 39.9 Å². The van der Waals surface area contributed by atoms with Gasteiger partial charge in [0.1, 0.15) is 6.61 Å². The Bertz CT molecular complexity index is 302. The fourth-order valence-corrected chi connectivity index (χ4v) is 2.17. The third kappa shape index (κ3) is 4.80. The number of carbonyl (C=O) groups is 2. The molecule has 1 aliphatic heterocycles. The maximum Gasteiger partial charge on any atom is 0.248 e. The van der Waals surface area contributed by atoms with Crippen LogP contribution in [0, 0.1) is 0 Å². The van der Waals surface area contributed by atoms with Crippen LogP contribution in [0.1, 0.15) is 26.2 Å². The highest BCUT2D eigenvalue weighted by Crippen LogP contribution is 2.07. The van der Waals surface area contributed by atoms with Crippen molar-refractivity contribution in [2.24, 2.45) is 5.73 Å². The first kappa shape index (κ1) is 15.9. The number of nitrogens with zero attached hydrogens (tertiary/aromatic N) is 2. The van der Waals surface area contributed by atoms with Gasteiger partial charge >= 0.3 is 0 Å². The lowest BCUT2D eigenvalue weighted by molar-refractivity contribution is -0.142. The Balaban J connectivity index is 2.36. The molecule has 0 bridgehead atoms. The van der Waals surface area contributed by atoms with Crippen LogP contribution in [0.3, 0.4) is 0 Å². The predicted molar refractivity (Wildman–Crippen MR) is 72.5 cm³/mol. The van der Waals surface area contributed by atoms with E-state index in [2.05, 4.69) is 6.92 Å². The Hall–Kier alpha value is -1.14. The van der Waals surface area contributed by atoms with Gasteiger partial charge in [-0.3, -0.25) is 9.59 Å². The SMILES string of the molecule is CCCC[C@H](N)C(=O)N1CCN(C(=O)COC)CC1. The minimum Gasteiger partial charge on any atom is -0.375 e. The quantitative estimate of drug-likeness (QED) is 0.727. The Morgan fingerprint density at radius 2 is 1.79 bits per heavy atom. The largest absolute Gasteiger partial charge is 0.375 e. The summed E-state index contributed by atoms with van der Waals surface area (Å²) >= 11 is 0. The summed E-state index contributed by atoms with van der Waals surface area (Å²) in [5.41, 5.74) is 5.88. The second kappa shape index (κ2) is 8.12. The normalized spacial score (nSPS) is 17.4. The summed E-state index contributed by atoms with van der Waals surface area (Å²) in [6.45, 7) is 4.44. The monoisotopic (exact) mass is 271 g/mol. The molecule has 110 valence electrons. The van der Waals surface area contributed by atoms with Crippen LogP contribution in [-0.2, 0) is 14.3 Å². The molecular formula is C13H25N3O3. The van der Waals surface area contributed by atoms with Crippen LogP contribution in [0.15, 0.2) is 0 Å². The van der Waals surface area contributed by atoms with Gasteiger partial charge in [0.2, 0.25) is 11.8 Å². The first-order valence-electron chi connectivity index (χ1n) is 6.91. The fraction of sp³-hybridized carbons (Fsp3) is 0.846. The molecule has 1 heterocycles. The van der Waals surface area contributed by atoms with Crippen LogP contribution < -0.4 is 5.73 Å². The maximum absolute atomic E-state index is 12.1. The Morgan fingerprint density at radius 3 is 2.32 bits per heavy atom. The summed E-state index contributed by atoms with van der Waals surface area (Å²) < 4.78 is 4.82. The van der Waals surface area contributed by atoms with E-state index >= 15 is 0 Å². The summed E-state index contributed by atoms with van der Waals surface area (Å²) in [7, 11) is 1.50. The van der Waals surface area contributed by atoms with Gasteiger partial charge < -0.3 is 20.3 Å². The van der Waals surface area contributed by atoms with Gasteiger partial charge in [-0.1, -0.05) is 19.8 Å². The van der Waals surface area contributed by atoms with Crippen molar-refractivity contribution in [2.45, 2.75) is 32.2 Å². The molecule has 0 aromatic rings. The number of carbonyl (C=O) groups excluding carboxylic acids is 2. The molecule has 0 aromatic heterocycles. The Kier molecular flexibility index (Phi) is 6.80. The molecule has 0 saturated carbocycles. The van der Waals surface area contributed by atoms with Gasteiger partial charge in [-0.15, -0.1) is 0 Å². The standard InChI is InChI=1S/C13H25N3O3/c1-3-4-5-11(14)13(18)16-8-6-15(7-9-16)12(17)10-19-2/h11H,3-10,14H2,1-2H3/t11-/m0/s1. The van der Waals surface area contributed by atoms with Gasteiger partial charge in [0.05, 0.1) is 6.04 Å². The third-order valence-electron chi connectivity index (χ3n) is 3.40. The lowest BCUT2D eigenvalue weighted by Gasteiger charge is -2.35. The fourth-order valence-electron chi connectivity index (χ4n) is 2.17. The van der Waals surface area contributed by atoms with Crippen molar-refractivity contribution >= 4 is 11.8 Å². The minimum atomic E-state index is -0.402. The molecule has 0 unspecified atom stereocenters. The topological polar surface area (TPSA) is 75.9 Å². The molecule has 2 amide bonds. The number of hydrogen-bond donors (Lipinski definition) is 1. The van der Waals surface area contributed by atoms with Crippen molar-refractivity contribution in [3.05, 3.63) is 0 Å². The van der Waals surface area contributed by atoms with Crippen LogP contribution >= 0.6 is 0 Å². The van der Waals surface area contributed by atoms with Crippen molar-refractivity contribution in [1.82, 2.24) is 9.80 Å². The van der Waals surface area contributed by atoms with E-state index in [0.29, 0.717) is 26.2 Å². The van der Waals surface area contributed by atoms with Gasteiger partial charge in [0.15, 0.2) is 0 Å². The summed E-state index contributed by atoms with van der Waals surface area (Å²) in [5.74, 6) is -0.0165. The third-order valence-corrected chi connectivity index (χ3v) is 3.40. The zero-order valence-corrected chi connectivity index (χ0v) is 11.9. The van der Waals surface area contributed by atoms with E-state index in [0.717, 1.165) is 19.3 Å². The second-order valence-corrected chi connectivity index (χ2v) is 4.89. The van der Waals surface area contributed by atoms with E-state index in [1.807, 2.05) is 0 Å². The molecule has 1 aliphatic rings. The summed E-state index contributed by atoms with van der Waals surface area (Å²) in [4.78, 5) is 27.2. The lowest BCUT2D eigenvalue weighted by Crippen LogP contribution is -2.54. The molecular weight excluding hydrogens is 246 g/mol. The molecule has 1 fully saturated rings. The number of rotatable bonds is 6. The average molecular weight is 271 g/mol. The van der Waals surface area contributed by atoms with Crippen LogP contribution in [0.2, 0.25) is 0 Å². The Morgan fingerprint density at radius 1 is 1.21 bits per heavy atom. The smallest absolute Gasteiger partial charge is 0.248 e. The molecule has 6 heteroatoms. The highest BCUT2D eigenvalue weighted by molar-refractivity contribution is 5.82. The molecule has 0 aliphatic carbocycles. The van der Waals surface area contributed by atoms with E-state index in [1.54, 1.807) is 9.80 Å². The molecule has 6 nitrogen and oxygen atoms in total. The van der Waals surface area contributed by atoms with Crippen molar-refractivity contribution < 1.29 is 14.3 Å². The molecule has 2 N–H and O–H groups in total. The lowest BCUT2D eigenvalue weighted by atomic mass is 10.1. The summed E-state index contributed by atoms with van der Waals surface area (Å²) in [5, 5.41) is 0. The van der Waals surface area contributed by atoms with Crippen LogP contribution in [0.25, 0.3) is 0 Å². The first-order valence-corrected chi connectivity index (χ1v) is 6.91. The highest BCUT2D eigenvalue weighted by atomic mass is 16.5. The van der Waals surface area contributed by atoms with Crippen LogP contribution in [0.4, 0.5) is 0 Å². The number of methoxy groups -OCH3 is 1. The van der Waals surface area contributed by atoms with E-state index in [4.69, 9.17) is 10.5 Å². The number of hydrogen-bond acceptors (Lipinski definition) is 4. The molecule has 1 saturated heterocycles. The number of ether oxygens (including phenoxy) is 1. The van der Waals surface area contributed by atoms with Crippen LogP contribution in [-0.4, -0.2) is 67.6 Å². The van der Waals surface area contributed by atoms with E-state index in [9.17, 15) is 9.59 Å². The van der Waals surface area contributed by atoms with E-state index in [1.165, 1.54) is 7.11 Å².